The predicted molar refractivity (Wildman–Crippen MR) is 89.7 cm³/mol. The van der Waals surface area contributed by atoms with E-state index in [4.69, 9.17) is 4.74 Å². The van der Waals surface area contributed by atoms with Gasteiger partial charge in [0.05, 0.1) is 0 Å². The number of phenols is 4. The molecule has 0 radical (unpaired) electrons. The molecule has 2 atom stereocenters. The summed E-state index contributed by atoms with van der Waals surface area (Å²) in [6.45, 7) is 5.88. The Kier molecular flexibility index (Phi) is 3.95. The zero-order valence-electron chi connectivity index (χ0n) is 13.9. The van der Waals surface area contributed by atoms with Crippen molar-refractivity contribution in [3.8, 4) is 28.7 Å². The number of aryl methyl sites for hydroxylation is 1. The van der Waals surface area contributed by atoms with Gasteiger partial charge in [0.15, 0.2) is 11.5 Å². The van der Waals surface area contributed by atoms with Gasteiger partial charge in [-0.05, 0) is 42.5 Å². The number of ether oxygens (including phenoxy) is 1. The van der Waals surface area contributed by atoms with E-state index in [0.29, 0.717) is 23.3 Å². The average molecular weight is 330 g/mol. The van der Waals surface area contributed by atoms with Gasteiger partial charge < -0.3 is 25.2 Å². The number of benzene rings is 2. The smallest absolute Gasteiger partial charge is 0.160 e. The van der Waals surface area contributed by atoms with Crippen LogP contribution in [0.2, 0.25) is 0 Å². The van der Waals surface area contributed by atoms with Crippen LogP contribution in [0.3, 0.4) is 0 Å². The molecule has 24 heavy (non-hydrogen) atoms. The number of hydrogen-bond acceptors (Lipinski definition) is 5. The lowest BCUT2D eigenvalue weighted by atomic mass is 9.79. The summed E-state index contributed by atoms with van der Waals surface area (Å²) >= 11 is 0. The number of phenolic OH excluding ortho intramolecular Hbond substituents is 4. The minimum Gasteiger partial charge on any atom is -0.508 e. The fourth-order valence-electron chi connectivity index (χ4n) is 3.35. The maximum atomic E-state index is 10.1. The Hall–Kier alpha value is -2.56. The third-order valence-electron chi connectivity index (χ3n) is 4.74. The Labute approximate surface area is 140 Å². The first-order valence-corrected chi connectivity index (χ1v) is 8.02. The predicted octanol–water partition coefficient (Wildman–Crippen LogP) is 3.77. The molecule has 0 fully saturated rings. The molecule has 0 spiro atoms. The summed E-state index contributed by atoms with van der Waals surface area (Å²) in [5.41, 5.74) is 2.01. The summed E-state index contributed by atoms with van der Waals surface area (Å²) in [7, 11) is 0. The van der Waals surface area contributed by atoms with Gasteiger partial charge in [-0.1, -0.05) is 13.8 Å². The van der Waals surface area contributed by atoms with Crippen molar-refractivity contribution < 1.29 is 25.2 Å². The second kappa shape index (κ2) is 5.82. The highest BCUT2D eigenvalue weighted by atomic mass is 16.5. The highest BCUT2D eigenvalue weighted by Crippen LogP contribution is 2.47. The molecule has 0 aliphatic carbocycles. The number of rotatable bonds is 2. The van der Waals surface area contributed by atoms with Gasteiger partial charge in [-0.25, -0.2) is 0 Å². The lowest BCUT2D eigenvalue weighted by molar-refractivity contribution is 0.0832. The molecule has 1 aliphatic heterocycles. The highest BCUT2D eigenvalue weighted by molar-refractivity contribution is 5.52. The van der Waals surface area contributed by atoms with Crippen LogP contribution in [0.15, 0.2) is 24.3 Å². The molecule has 128 valence electrons. The zero-order valence-corrected chi connectivity index (χ0v) is 13.9. The Morgan fingerprint density at radius 2 is 1.71 bits per heavy atom. The second-order valence-electron chi connectivity index (χ2n) is 6.80. The minimum atomic E-state index is -0.344. The molecule has 3 rings (SSSR count). The third kappa shape index (κ3) is 2.70. The van der Waals surface area contributed by atoms with Crippen LogP contribution < -0.4 is 4.74 Å². The van der Waals surface area contributed by atoms with E-state index >= 15 is 0 Å². The molecule has 1 aliphatic rings. The quantitative estimate of drug-likeness (QED) is 0.629. The standard InChI is InChI=1S/C19H22O5/c1-9(2)13-8-14-15(21)6-12(20)7-17(14)24-19(13)11-4-10(3)18(23)16(22)5-11/h4-7,9,13,19-23H,8H2,1-3H3. The molecule has 2 aromatic carbocycles. The largest absolute Gasteiger partial charge is 0.508 e. The van der Waals surface area contributed by atoms with Crippen LogP contribution in [0.1, 0.15) is 36.6 Å². The second-order valence-corrected chi connectivity index (χ2v) is 6.80. The van der Waals surface area contributed by atoms with E-state index in [1.807, 2.05) is 0 Å². The lowest BCUT2D eigenvalue weighted by Crippen LogP contribution is -2.29. The molecule has 5 heteroatoms. The van der Waals surface area contributed by atoms with E-state index < -0.39 is 0 Å². The van der Waals surface area contributed by atoms with Gasteiger partial charge in [-0.15, -0.1) is 0 Å². The summed E-state index contributed by atoms with van der Waals surface area (Å²) in [6.07, 6.45) is 0.258. The van der Waals surface area contributed by atoms with Crippen LogP contribution in [0.5, 0.6) is 28.7 Å². The summed E-state index contributed by atoms with van der Waals surface area (Å²) in [5, 5.41) is 39.5. The van der Waals surface area contributed by atoms with Crippen LogP contribution >= 0.6 is 0 Å². The van der Waals surface area contributed by atoms with Gasteiger partial charge in [0, 0.05) is 23.6 Å². The SMILES string of the molecule is Cc1cc(C2Oc3cc(O)cc(O)c3CC2C(C)C)cc(O)c1O. The molecule has 2 aromatic rings. The first-order valence-electron chi connectivity index (χ1n) is 8.02. The van der Waals surface area contributed by atoms with Crippen molar-refractivity contribution in [3.63, 3.8) is 0 Å². The Bertz CT molecular complexity index is 759. The molecule has 1 heterocycles. The van der Waals surface area contributed by atoms with E-state index in [9.17, 15) is 20.4 Å². The van der Waals surface area contributed by atoms with Crippen LogP contribution in [0.25, 0.3) is 0 Å². The molecule has 4 N–H and O–H groups in total. The van der Waals surface area contributed by atoms with Crippen molar-refractivity contribution >= 4 is 0 Å². The van der Waals surface area contributed by atoms with E-state index in [0.717, 1.165) is 5.56 Å². The molecule has 0 saturated heterocycles. The van der Waals surface area contributed by atoms with Crippen LogP contribution in [-0.4, -0.2) is 20.4 Å². The summed E-state index contributed by atoms with van der Waals surface area (Å²) < 4.78 is 6.09. The highest BCUT2D eigenvalue weighted by Gasteiger charge is 2.35. The fraction of sp³-hybridized carbons (Fsp3) is 0.368. The molecule has 2 unspecified atom stereocenters. The maximum Gasteiger partial charge on any atom is 0.160 e. The molecule has 5 nitrogen and oxygen atoms in total. The molecule has 0 amide bonds. The van der Waals surface area contributed by atoms with Gasteiger partial charge in [-0.3, -0.25) is 0 Å². The summed E-state index contributed by atoms with van der Waals surface area (Å²) in [4.78, 5) is 0. The maximum absolute atomic E-state index is 10.1. The van der Waals surface area contributed by atoms with Crippen molar-refractivity contribution in [2.75, 3.05) is 0 Å². The van der Waals surface area contributed by atoms with Crippen molar-refractivity contribution in [1.82, 2.24) is 0 Å². The fourth-order valence-corrected chi connectivity index (χ4v) is 3.35. The first kappa shape index (κ1) is 16.3. The van der Waals surface area contributed by atoms with Crippen LogP contribution in [0, 0.1) is 18.8 Å². The van der Waals surface area contributed by atoms with E-state index in [2.05, 4.69) is 13.8 Å². The van der Waals surface area contributed by atoms with Crippen molar-refractivity contribution in [2.45, 2.75) is 33.3 Å². The minimum absolute atomic E-state index is 0.0267. The number of fused-ring (bicyclic) bond motifs is 1. The van der Waals surface area contributed by atoms with E-state index in [1.165, 1.54) is 18.2 Å². The van der Waals surface area contributed by atoms with Crippen molar-refractivity contribution in [3.05, 3.63) is 41.0 Å². The molecule has 0 saturated carbocycles. The van der Waals surface area contributed by atoms with E-state index in [-0.39, 0.29) is 40.9 Å². The lowest BCUT2D eigenvalue weighted by Gasteiger charge is -2.36. The Morgan fingerprint density at radius 1 is 1.00 bits per heavy atom. The van der Waals surface area contributed by atoms with Crippen LogP contribution in [-0.2, 0) is 6.42 Å². The van der Waals surface area contributed by atoms with Crippen molar-refractivity contribution in [1.29, 1.82) is 0 Å². The topological polar surface area (TPSA) is 90.2 Å². The van der Waals surface area contributed by atoms with Crippen LogP contribution in [0.4, 0.5) is 0 Å². The molecular formula is C19H22O5. The third-order valence-corrected chi connectivity index (χ3v) is 4.74. The summed E-state index contributed by atoms with van der Waals surface area (Å²) in [6, 6.07) is 6.11. The Morgan fingerprint density at radius 3 is 2.33 bits per heavy atom. The van der Waals surface area contributed by atoms with Gasteiger partial charge in [0.1, 0.15) is 23.4 Å². The molecular weight excluding hydrogens is 308 g/mol. The van der Waals surface area contributed by atoms with Gasteiger partial charge in [0.2, 0.25) is 0 Å². The Balaban J connectivity index is 2.09. The first-order chi connectivity index (χ1) is 11.3. The number of hydrogen-bond donors (Lipinski definition) is 4. The van der Waals surface area contributed by atoms with Gasteiger partial charge in [-0.2, -0.15) is 0 Å². The van der Waals surface area contributed by atoms with E-state index in [1.54, 1.807) is 13.0 Å². The average Bonchev–Trinajstić information content (AvgIpc) is 2.50. The number of aromatic hydroxyl groups is 4. The molecule has 0 bridgehead atoms. The normalized spacial score (nSPS) is 19.8. The summed E-state index contributed by atoms with van der Waals surface area (Å²) in [5.74, 6) is 0.451. The zero-order chi connectivity index (χ0) is 17.6. The molecule has 0 aromatic heterocycles. The van der Waals surface area contributed by atoms with Gasteiger partial charge >= 0.3 is 0 Å². The van der Waals surface area contributed by atoms with Crippen molar-refractivity contribution in [2.24, 2.45) is 11.8 Å². The monoisotopic (exact) mass is 330 g/mol. The van der Waals surface area contributed by atoms with Gasteiger partial charge in [0.25, 0.3) is 0 Å².